The highest BCUT2D eigenvalue weighted by atomic mass is 35.5. The van der Waals surface area contributed by atoms with Crippen LogP contribution in [0.15, 0.2) is 23.3 Å². The molecule has 0 aliphatic carbocycles. The average Bonchev–Trinajstić information content (AvgIpc) is 2.51. The fourth-order valence-corrected chi connectivity index (χ4v) is 1.95. The van der Waals surface area contributed by atoms with Crippen LogP contribution in [0.4, 0.5) is 36.4 Å². The molecule has 25 heavy (non-hydrogen) atoms. The van der Waals surface area contributed by atoms with Crippen LogP contribution < -0.4 is 5.43 Å². The highest BCUT2D eigenvalue weighted by Crippen LogP contribution is 2.38. The summed E-state index contributed by atoms with van der Waals surface area (Å²) < 4.78 is 91.4. The summed E-state index contributed by atoms with van der Waals surface area (Å²) in [5, 5.41) is 12.9. The van der Waals surface area contributed by atoms with Gasteiger partial charge in [-0.2, -0.15) is 18.3 Å². The second-order valence-electron chi connectivity index (χ2n) is 4.58. The van der Waals surface area contributed by atoms with Crippen molar-refractivity contribution in [2.45, 2.75) is 6.18 Å². The summed E-state index contributed by atoms with van der Waals surface area (Å²) in [6, 6.07) is 3.69. The van der Waals surface area contributed by atoms with Crippen LogP contribution in [0.5, 0.6) is 5.75 Å². The molecule has 0 aliphatic rings. The molecule has 2 aromatic rings. The minimum atomic E-state index is -5.63. The minimum absolute atomic E-state index is 0.0336. The number of nitrogens with one attached hydrogen (secondary N) is 1. The van der Waals surface area contributed by atoms with E-state index in [4.69, 9.17) is 11.6 Å². The Morgan fingerprint density at radius 3 is 2.08 bits per heavy atom. The van der Waals surface area contributed by atoms with Crippen molar-refractivity contribution < 1.29 is 35.8 Å². The molecule has 134 valence electrons. The quantitative estimate of drug-likeness (QED) is 0.335. The summed E-state index contributed by atoms with van der Waals surface area (Å²) in [7, 11) is 0. The molecule has 2 rings (SSSR count). The maximum atomic E-state index is 13.6. The summed E-state index contributed by atoms with van der Waals surface area (Å²) in [6.07, 6.45) is -4.85. The first kappa shape index (κ1) is 18.8. The Morgan fingerprint density at radius 2 is 1.56 bits per heavy atom. The Balaban J connectivity index is 2.41. The number of hydrogen-bond donors (Lipinski definition) is 2. The maximum absolute atomic E-state index is 13.6. The van der Waals surface area contributed by atoms with Crippen molar-refractivity contribution in [1.82, 2.24) is 0 Å². The van der Waals surface area contributed by atoms with Crippen molar-refractivity contribution in [3.8, 4) is 5.75 Å². The van der Waals surface area contributed by atoms with Crippen molar-refractivity contribution >= 4 is 23.5 Å². The molecule has 0 saturated heterocycles. The number of aromatic hydroxyl groups is 1. The number of phenolic OH excluding ortho intramolecular Hbond substituents is 1. The van der Waals surface area contributed by atoms with E-state index < -0.39 is 40.7 Å². The predicted molar refractivity (Wildman–Crippen MR) is 75.6 cm³/mol. The van der Waals surface area contributed by atoms with E-state index in [9.17, 15) is 35.8 Å². The molecule has 0 fully saturated rings. The monoisotopic (exact) mass is 386 g/mol. The molecule has 0 amide bonds. The fourth-order valence-electron chi connectivity index (χ4n) is 1.77. The van der Waals surface area contributed by atoms with E-state index in [1.807, 2.05) is 0 Å². The van der Waals surface area contributed by atoms with Gasteiger partial charge in [-0.3, -0.25) is 5.43 Å². The molecule has 0 spiro atoms. The SMILES string of the molecule is Oc1ccc(Cl)cc1/C=N\Nc1c(F)c(F)c(C(F)(F)F)c(F)c1F. The van der Waals surface area contributed by atoms with Crippen molar-refractivity contribution in [3.05, 3.63) is 57.6 Å². The Labute approximate surface area is 140 Å². The smallest absolute Gasteiger partial charge is 0.422 e. The third kappa shape index (κ3) is 3.78. The summed E-state index contributed by atoms with van der Waals surface area (Å²) in [5.74, 6) is -10.2. The van der Waals surface area contributed by atoms with Gasteiger partial charge in [-0.15, -0.1) is 0 Å². The molecule has 0 radical (unpaired) electrons. The molecule has 11 heteroatoms. The summed E-state index contributed by atoms with van der Waals surface area (Å²) >= 11 is 5.65. The Kier molecular flexibility index (Phi) is 5.12. The number of benzene rings is 2. The highest BCUT2D eigenvalue weighted by Gasteiger charge is 2.42. The number of halogens is 8. The number of alkyl halides is 3. The molecule has 0 bridgehead atoms. The predicted octanol–water partition coefficient (Wildman–Crippen LogP) is 5.07. The standard InChI is InChI=1S/C14H6ClF7N2O/c15-6-1-2-7(25)5(3-6)4-23-24-13-11(18)9(16)8(14(20,21)22)10(17)12(13)19/h1-4,24-25H/b23-4-. The van der Waals surface area contributed by atoms with Gasteiger partial charge in [0.25, 0.3) is 0 Å². The summed E-state index contributed by atoms with van der Waals surface area (Å²) in [6.45, 7) is 0. The zero-order valence-electron chi connectivity index (χ0n) is 11.7. The van der Waals surface area contributed by atoms with Gasteiger partial charge >= 0.3 is 6.18 Å². The van der Waals surface area contributed by atoms with Gasteiger partial charge in [-0.25, -0.2) is 17.6 Å². The van der Waals surface area contributed by atoms with Crippen LogP contribution >= 0.6 is 11.6 Å². The lowest BCUT2D eigenvalue weighted by molar-refractivity contribution is -0.143. The van der Waals surface area contributed by atoms with Crippen LogP contribution in [-0.4, -0.2) is 11.3 Å². The van der Waals surface area contributed by atoms with Gasteiger partial charge in [0.15, 0.2) is 23.3 Å². The summed E-state index contributed by atoms with van der Waals surface area (Å²) in [5.41, 5.74) is -2.74. The van der Waals surface area contributed by atoms with E-state index in [0.717, 1.165) is 6.21 Å². The largest absolute Gasteiger partial charge is 0.507 e. The lowest BCUT2D eigenvalue weighted by Crippen LogP contribution is -2.16. The Hall–Kier alpha value is -2.49. The molecule has 2 N–H and O–H groups in total. The molecule has 0 aromatic heterocycles. The van der Waals surface area contributed by atoms with Crippen molar-refractivity contribution in [3.63, 3.8) is 0 Å². The van der Waals surface area contributed by atoms with Gasteiger partial charge in [0, 0.05) is 10.6 Å². The van der Waals surface area contributed by atoms with Gasteiger partial charge in [-0.05, 0) is 18.2 Å². The second-order valence-corrected chi connectivity index (χ2v) is 5.01. The van der Waals surface area contributed by atoms with E-state index in [1.54, 1.807) is 5.43 Å². The van der Waals surface area contributed by atoms with E-state index in [-0.39, 0.29) is 16.3 Å². The van der Waals surface area contributed by atoms with E-state index in [2.05, 4.69) is 5.10 Å². The molecule has 3 nitrogen and oxygen atoms in total. The number of nitrogens with zero attached hydrogens (tertiary/aromatic N) is 1. The average molecular weight is 387 g/mol. The third-order valence-corrected chi connectivity index (χ3v) is 3.15. The molecule has 0 unspecified atom stereocenters. The summed E-state index contributed by atoms with van der Waals surface area (Å²) in [4.78, 5) is 0. The van der Waals surface area contributed by atoms with Gasteiger partial charge in [0.2, 0.25) is 0 Å². The van der Waals surface area contributed by atoms with Crippen LogP contribution in [0.1, 0.15) is 11.1 Å². The molecule has 2 aromatic carbocycles. The van der Waals surface area contributed by atoms with Crippen LogP contribution in [0.25, 0.3) is 0 Å². The first-order valence-electron chi connectivity index (χ1n) is 6.24. The number of anilines is 1. The van der Waals surface area contributed by atoms with Crippen LogP contribution in [0, 0.1) is 23.3 Å². The van der Waals surface area contributed by atoms with Gasteiger partial charge in [-0.1, -0.05) is 11.6 Å². The van der Waals surface area contributed by atoms with Gasteiger partial charge in [0.05, 0.1) is 6.21 Å². The molecule has 0 aliphatic heterocycles. The topological polar surface area (TPSA) is 44.6 Å². The number of hydrogen-bond acceptors (Lipinski definition) is 3. The fraction of sp³-hybridized carbons (Fsp3) is 0.0714. The highest BCUT2D eigenvalue weighted by molar-refractivity contribution is 6.30. The Morgan fingerprint density at radius 1 is 1.00 bits per heavy atom. The molecule has 0 saturated carbocycles. The van der Waals surface area contributed by atoms with Gasteiger partial charge in [0.1, 0.15) is 17.0 Å². The minimum Gasteiger partial charge on any atom is -0.507 e. The molecule has 0 heterocycles. The van der Waals surface area contributed by atoms with Gasteiger partial charge < -0.3 is 5.11 Å². The number of hydrazone groups is 1. The van der Waals surface area contributed by atoms with Crippen LogP contribution in [0.3, 0.4) is 0 Å². The van der Waals surface area contributed by atoms with E-state index in [0.29, 0.717) is 0 Å². The zero-order chi connectivity index (χ0) is 18.9. The first-order valence-corrected chi connectivity index (χ1v) is 6.62. The van der Waals surface area contributed by atoms with E-state index >= 15 is 0 Å². The molecule has 0 atom stereocenters. The molecular formula is C14H6ClF7N2O. The normalized spacial score (nSPS) is 12.0. The lowest BCUT2D eigenvalue weighted by Gasteiger charge is -2.13. The van der Waals surface area contributed by atoms with Crippen molar-refractivity contribution in [2.24, 2.45) is 5.10 Å². The van der Waals surface area contributed by atoms with E-state index in [1.165, 1.54) is 18.2 Å². The lowest BCUT2D eigenvalue weighted by atomic mass is 10.1. The van der Waals surface area contributed by atoms with Crippen molar-refractivity contribution in [1.29, 1.82) is 0 Å². The first-order chi connectivity index (χ1) is 11.5. The second kappa shape index (κ2) is 6.79. The molecular weight excluding hydrogens is 381 g/mol. The Bertz CT molecular complexity index is 823. The number of phenols is 1. The zero-order valence-corrected chi connectivity index (χ0v) is 12.5. The van der Waals surface area contributed by atoms with Crippen molar-refractivity contribution in [2.75, 3.05) is 5.43 Å². The van der Waals surface area contributed by atoms with Crippen LogP contribution in [0.2, 0.25) is 5.02 Å². The third-order valence-electron chi connectivity index (χ3n) is 2.92. The number of rotatable bonds is 3. The maximum Gasteiger partial charge on any atom is 0.422 e. The van der Waals surface area contributed by atoms with Crippen LogP contribution in [-0.2, 0) is 6.18 Å².